The number of aromatic nitrogens is 2. The van der Waals surface area contributed by atoms with Gasteiger partial charge < -0.3 is 14.8 Å². The third-order valence-electron chi connectivity index (χ3n) is 6.60. The first kappa shape index (κ1) is 40.2. The van der Waals surface area contributed by atoms with E-state index in [9.17, 15) is 61.1 Å². The molecule has 0 unspecified atom stereocenters. The summed E-state index contributed by atoms with van der Waals surface area (Å²) >= 11 is 2.96. The molecule has 1 saturated heterocycles. The Morgan fingerprint density at radius 2 is 1.62 bits per heavy atom. The summed E-state index contributed by atoms with van der Waals surface area (Å²) in [5, 5.41) is 7.12. The van der Waals surface area contributed by atoms with E-state index in [4.69, 9.17) is 9.90 Å². The molecule has 1 atom stereocenters. The van der Waals surface area contributed by atoms with Crippen LogP contribution in [0.25, 0.3) is 11.0 Å². The minimum Gasteiger partial charge on any atom is -0.475 e. The average molecular weight is 856 g/mol. The predicted octanol–water partition coefficient (Wildman–Crippen LogP) is 5.32. The van der Waals surface area contributed by atoms with E-state index in [1.165, 1.54) is 24.3 Å². The number of sulfonamides is 1. The maximum atomic E-state index is 13.5. The van der Waals surface area contributed by atoms with E-state index in [1.54, 1.807) is 0 Å². The number of alkyl halides is 9. The maximum absolute atomic E-state index is 13.5. The van der Waals surface area contributed by atoms with Crippen molar-refractivity contribution in [2.24, 2.45) is 0 Å². The van der Waals surface area contributed by atoms with Crippen LogP contribution in [0.5, 0.6) is 5.75 Å². The number of amides is 1. The molecular formula is C27H19BrF9N5O8S2. The van der Waals surface area contributed by atoms with Gasteiger partial charge in [-0.3, -0.25) is 4.79 Å². The number of benzene rings is 3. The van der Waals surface area contributed by atoms with Crippen molar-refractivity contribution in [3.63, 3.8) is 0 Å². The quantitative estimate of drug-likeness (QED) is 0.170. The minimum absolute atomic E-state index is 0.0405. The number of nitrogens with zero attached hydrogens (tertiary/aromatic N) is 2. The number of carboxylic acids is 1. The molecule has 0 saturated carbocycles. The fourth-order valence-electron chi connectivity index (χ4n) is 4.43. The number of hydrogen-bond acceptors (Lipinski definition) is 8. The molecule has 4 N–H and O–H groups in total. The number of anilines is 1. The number of halogens is 10. The highest BCUT2D eigenvalue weighted by Gasteiger charge is 2.39. The number of aliphatic carboxylic acids is 1. The molecule has 5 rings (SSSR count). The van der Waals surface area contributed by atoms with E-state index in [0.717, 1.165) is 40.7 Å². The summed E-state index contributed by atoms with van der Waals surface area (Å²) in [6, 6.07) is 9.49. The van der Waals surface area contributed by atoms with Crippen LogP contribution in [0.3, 0.4) is 0 Å². The molecule has 4 aromatic rings. The first-order chi connectivity index (χ1) is 23.7. The monoisotopic (exact) mass is 855 g/mol. The highest BCUT2D eigenvalue weighted by molar-refractivity contribution is 9.10. The van der Waals surface area contributed by atoms with Gasteiger partial charge in [0, 0.05) is 4.47 Å². The number of imidazole rings is 1. The summed E-state index contributed by atoms with van der Waals surface area (Å²) in [6.07, 6.45) is -15.3. The van der Waals surface area contributed by atoms with Crippen LogP contribution in [0, 0.1) is 0 Å². The zero-order chi connectivity index (χ0) is 39.0. The molecule has 13 nitrogen and oxygen atoms in total. The highest BCUT2D eigenvalue weighted by Crippen LogP contribution is 2.35. The zero-order valence-corrected chi connectivity index (χ0v) is 28.3. The Hall–Kier alpha value is -4.62. The molecule has 0 radical (unpaired) electrons. The van der Waals surface area contributed by atoms with Gasteiger partial charge in [-0.05, 0) is 60.5 Å². The van der Waals surface area contributed by atoms with Gasteiger partial charge in [0.1, 0.15) is 17.3 Å². The summed E-state index contributed by atoms with van der Waals surface area (Å²) in [6.45, 7) is -0.474. The third-order valence-corrected chi connectivity index (χ3v) is 10.0. The molecule has 1 aliphatic rings. The number of H-pyrrole nitrogens is 1. The number of nitrogens with one attached hydrogen (secondary N) is 3. The van der Waals surface area contributed by atoms with E-state index >= 15 is 0 Å². The highest BCUT2D eigenvalue weighted by atomic mass is 79.9. The van der Waals surface area contributed by atoms with Gasteiger partial charge in [-0.25, -0.2) is 31.9 Å². The molecule has 0 spiro atoms. The largest absolute Gasteiger partial charge is 0.573 e. The fourth-order valence-corrected chi connectivity index (χ4v) is 7.23. The van der Waals surface area contributed by atoms with E-state index in [1.807, 2.05) is 4.72 Å². The lowest BCUT2D eigenvalue weighted by Crippen LogP contribution is -2.32. The summed E-state index contributed by atoms with van der Waals surface area (Å²) in [5.74, 6) is -4.74. The number of hydrogen-bond donors (Lipinski definition) is 4. The minimum atomic E-state index is -5.25. The number of carboxylic acid groups (broad SMARTS) is 1. The summed E-state index contributed by atoms with van der Waals surface area (Å²) in [4.78, 5) is 26.4. The second-order valence-electron chi connectivity index (χ2n) is 10.4. The first-order valence-corrected chi connectivity index (χ1v) is 17.3. The van der Waals surface area contributed by atoms with Gasteiger partial charge in [-0.2, -0.15) is 34.8 Å². The van der Waals surface area contributed by atoms with Crippen LogP contribution >= 0.6 is 15.9 Å². The average Bonchev–Trinajstić information content (AvgIpc) is 3.54. The molecule has 2 heterocycles. The van der Waals surface area contributed by atoms with Crippen LogP contribution in [0.1, 0.15) is 23.0 Å². The molecule has 1 fully saturated rings. The van der Waals surface area contributed by atoms with Gasteiger partial charge >= 0.3 is 34.9 Å². The van der Waals surface area contributed by atoms with Crippen LogP contribution in [0.4, 0.5) is 45.2 Å². The van der Waals surface area contributed by atoms with E-state index in [0.29, 0.717) is 5.56 Å². The lowest BCUT2D eigenvalue weighted by atomic mass is 10.1. The number of rotatable bonds is 8. The van der Waals surface area contributed by atoms with Crippen LogP contribution in [0.15, 0.2) is 70.0 Å². The fraction of sp³-hybridized carbons (Fsp3) is 0.222. The molecule has 1 aromatic heterocycles. The van der Waals surface area contributed by atoms with Gasteiger partial charge in [-0.15, -0.1) is 13.2 Å². The Morgan fingerprint density at radius 3 is 2.13 bits per heavy atom. The second-order valence-corrected chi connectivity index (χ2v) is 14.6. The first-order valence-electron chi connectivity index (χ1n) is 13.6. The number of carbonyl (C=O) groups is 2. The summed E-state index contributed by atoms with van der Waals surface area (Å²) in [7, 11) is -8.95. The van der Waals surface area contributed by atoms with Gasteiger partial charge in [0.2, 0.25) is 10.0 Å². The van der Waals surface area contributed by atoms with Crippen molar-refractivity contribution in [1.29, 1.82) is 0 Å². The lowest BCUT2D eigenvalue weighted by molar-refractivity contribution is -0.275. The predicted molar refractivity (Wildman–Crippen MR) is 163 cm³/mol. The van der Waals surface area contributed by atoms with Crippen molar-refractivity contribution in [1.82, 2.24) is 19.4 Å². The summed E-state index contributed by atoms with van der Waals surface area (Å²) in [5.41, 5.74) is -0.617. The van der Waals surface area contributed by atoms with Crippen LogP contribution in [-0.2, 0) is 42.4 Å². The van der Waals surface area contributed by atoms with Crippen molar-refractivity contribution in [3.8, 4) is 5.75 Å². The number of carbonyl (C=O) groups excluding carboxylic acids is 1. The Bertz CT molecular complexity index is 2210. The van der Waals surface area contributed by atoms with Crippen LogP contribution in [0.2, 0.25) is 0 Å². The molecule has 0 bridgehead atoms. The SMILES string of the molecule is O=C(O)C(F)(F)F.O=C1CN(c2ccc(C[C@H](NS(=O)(=O)c3ccc(Br)cc3OC(F)(F)F)c3nc4ccc(C(F)(F)F)cc4[nH]3)cc2)S(=O)(=O)N1. The number of ether oxygens (including phenoxy) is 1. The van der Waals surface area contributed by atoms with Gasteiger partial charge in [-0.1, -0.05) is 28.1 Å². The molecule has 25 heteroatoms. The van der Waals surface area contributed by atoms with E-state index < -0.39 is 79.6 Å². The molecule has 282 valence electrons. The number of aromatic amines is 1. The topological polar surface area (TPSA) is 188 Å². The van der Waals surface area contributed by atoms with Gasteiger partial charge in [0.15, 0.2) is 5.75 Å². The lowest BCUT2D eigenvalue weighted by Gasteiger charge is -2.20. The standard InChI is InChI=1S/C25H18BrF6N5O6S2.C2HF3O2/c26-15-4-8-21(20(11-15)43-25(30,31)32)44(39,40)35-19(23-33-17-7-3-14(24(27,28)29)10-18(17)34-23)9-13-1-5-16(6-2-13)37-12-22(38)36-45(37,41)42;3-2(4,5)1(6)7/h1-8,10-11,19,35H,9,12H2,(H,33,34)(H,36,38);(H,6,7)/t19-;/m0./s1. The zero-order valence-electron chi connectivity index (χ0n) is 25.1. The molecule has 1 amide bonds. The van der Waals surface area contributed by atoms with Crippen LogP contribution < -0.4 is 18.5 Å². The molecule has 1 aliphatic heterocycles. The Kier molecular flexibility index (Phi) is 11.1. The van der Waals surface area contributed by atoms with Crippen molar-refractivity contribution in [2.45, 2.75) is 36.1 Å². The van der Waals surface area contributed by atoms with E-state index in [2.05, 4.69) is 35.4 Å². The van der Waals surface area contributed by atoms with Crippen molar-refractivity contribution >= 4 is 64.8 Å². The van der Waals surface area contributed by atoms with Gasteiger partial charge in [0.05, 0.1) is 28.3 Å². The summed E-state index contributed by atoms with van der Waals surface area (Å²) < 4.78 is 171. The normalized spacial score (nSPS) is 15.5. The molecule has 0 aliphatic carbocycles. The number of fused-ring (bicyclic) bond motifs is 1. The molecule has 52 heavy (non-hydrogen) atoms. The Morgan fingerprint density at radius 1 is 1.00 bits per heavy atom. The third kappa shape index (κ3) is 10.0. The van der Waals surface area contributed by atoms with Crippen molar-refractivity contribution < 1.29 is 75.8 Å². The maximum Gasteiger partial charge on any atom is 0.573 e. The van der Waals surface area contributed by atoms with Crippen LogP contribution in [-0.4, -0.2) is 62.9 Å². The van der Waals surface area contributed by atoms with E-state index in [-0.39, 0.29) is 33.4 Å². The second kappa shape index (κ2) is 14.4. The smallest absolute Gasteiger partial charge is 0.475 e. The van der Waals surface area contributed by atoms with Crippen molar-refractivity contribution in [2.75, 3.05) is 10.8 Å². The van der Waals surface area contributed by atoms with Gasteiger partial charge in [0.25, 0.3) is 5.91 Å². The molecule has 3 aromatic carbocycles. The Balaban J connectivity index is 0.000000785. The Labute approximate surface area is 294 Å². The molecular weight excluding hydrogens is 837 g/mol. The van der Waals surface area contributed by atoms with Crippen molar-refractivity contribution in [3.05, 3.63) is 82.1 Å².